The summed E-state index contributed by atoms with van der Waals surface area (Å²) >= 11 is 1.57. The van der Waals surface area contributed by atoms with Crippen molar-refractivity contribution >= 4 is 27.7 Å². The number of hydrogen-bond donors (Lipinski definition) is 2. The third-order valence-corrected chi connectivity index (χ3v) is 5.51. The van der Waals surface area contributed by atoms with Crippen molar-refractivity contribution in [2.45, 2.75) is 35.1 Å². The molecule has 0 aliphatic carbocycles. The molecular weight excluding hydrogens is 296 g/mol. The van der Waals surface area contributed by atoms with E-state index >= 15 is 0 Å². The zero-order valence-corrected chi connectivity index (χ0v) is 12.9. The van der Waals surface area contributed by atoms with Gasteiger partial charge in [0, 0.05) is 23.9 Å². The Labute approximate surface area is 123 Å². The number of thioether (sulfide) groups is 1. The van der Waals surface area contributed by atoms with Crippen LogP contribution in [0.15, 0.2) is 34.1 Å². The van der Waals surface area contributed by atoms with E-state index in [9.17, 15) is 13.2 Å². The number of carbonyl (C=O) groups is 1. The Morgan fingerprint density at radius 3 is 2.60 bits per heavy atom. The van der Waals surface area contributed by atoms with Gasteiger partial charge in [0.15, 0.2) is 0 Å². The van der Waals surface area contributed by atoms with Crippen LogP contribution in [0.3, 0.4) is 0 Å². The molecule has 1 heterocycles. The van der Waals surface area contributed by atoms with Crippen LogP contribution in [0.25, 0.3) is 0 Å². The van der Waals surface area contributed by atoms with Crippen LogP contribution >= 0.6 is 11.8 Å². The molecule has 20 heavy (non-hydrogen) atoms. The molecule has 0 aromatic heterocycles. The second kappa shape index (κ2) is 6.60. The van der Waals surface area contributed by atoms with Gasteiger partial charge in [-0.3, -0.25) is 4.79 Å². The molecule has 1 aliphatic heterocycles. The van der Waals surface area contributed by atoms with Crippen molar-refractivity contribution in [3.63, 3.8) is 0 Å². The van der Waals surface area contributed by atoms with E-state index in [1.54, 1.807) is 36.0 Å². The van der Waals surface area contributed by atoms with Gasteiger partial charge in [0.2, 0.25) is 15.9 Å². The van der Waals surface area contributed by atoms with Crippen LogP contribution in [0.5, 0.6) is 0 Å². The molecule has 1 atom stereocenters. The van der Waals surface area contributed by atoms with Crippen LogP contribution in [0, 0.1) is 0 Å². The summed E-state index contributed by atoms with van der Waals surface area (Å²) in [5.74, 6) is -0.0176. The minimum absolute atomic E-state index is 0.0176. The highest BCUT2D eigenvalue weighted by Gasteiger charge is 2.22. The Bertz CT molecular complexity index is 570. The van der Waals surface area contributed by atoms with E-state index in [1.165, 1.54) is 0 Å². The lowest BCUT2D eigenvalue weighted by molar-refractivity contribution is -0.120. The minimum Gasteiger partial charge on any atom is -0.356 e. The molecule has 1 aromatic carbocycles. The maximum Gasteiger partial charge on any atom is 0.240 e. The Morgan fingerprint density at radius 2 is 1.95 bits per heavy atom. The summed E-state index contributed by atoms with van der Waals surface area (Å²) < 4.78 is 27.2. The molecule has 1 saturated heterocycles. The van der Waals surface area contributed by atoms with Gasteiger partial charge in [-0.2, -0.15) is 0 Å². The normalized spacial score (nSPS) is 20.2. The third-order valence-electron chi connectivity index (χ3n) is 3.23. The van der Waals surface area contributed by atoms with Crippen molar-refractivity contribution in [2.24, 2.45) is 0 Å². The molecule has 1 aromatic rings. The van der Waals surface area contributed by atoms with Crippen molar-refractivity contribution in [3.8, 4) is 0 Å². The van der Waals surface area contributed by atoms with Crippen molar-refractivity contribution < 1.29 is 13.2 Å². The Balaban J connectivity index is 2.07. The monoisotopic (exact) mass is 314 g/mol. The summed E-state index contributed by atoms with van der Waals surface area (Å²) in [6.07, 6.45) is 3.46. The highest BCUT2D eigenvalue weighted by atomic mass is 32.2. The largest absolute Gasteiger partial charge is 0.356 e. The number of hydrogen-bond acceptors (Lipinski definition) is 4. The fourth-order valence-electron chi connectivity index (χ4n) is 2.08. The maximum absolute atomic E-state index is 12.3. The van der Waals surface area contributed by atoms with Crippen LogP contribution in [0.4, 0.5) is 0 Å². The van der Waals surface area contributed by atoms with Gasteiger partial charge in [-0.05, 0) is 43.4 Å². The molecular formula is C13H18N2O3S2. The first-order valence-electron chi connectivity index (χ1n) is 6.44. The van der Waals surface area contributed by atoms with Crippen LogP contribution < -0.4 is 10.0 Å². The van der Waals surface area contributed by atoms with Crippen LogP contribution in [-0.4, -0.2) is 33.2 Å². The SMILES string of the molecule is CSc1ccc(S(=O)(=O)NC2CCNC(=O)CC2)cc1. The Hall–Kier alpha value is -1.05. The van der Waals surface area contributed by atoms with E-state index in [1.807, 2.05) is 6.26 Å². The van der Waals surface area contributed by atoms with Crippen molar-refractivity contribution in [1.29, 1.82) is 0 Å². The third kappa shape index (κ3) is 3.97. The molecule has 1 aliphatic rings. The zero-order valence-electron chi connectivity index (χ0n) is 11.3. The molecule has 1 fully saturated rings. The number of nitrogens with one attached hydrogen (secondary N) is 2. The smallest absolute Gasteiger partial charge is 0.240 e. The summed E-state index contributed by atoms with van der Waals surface area (Å²) in [7, 11) is -3.52. The molecule has 1 amide bonds. The summed E-state index contributed by atoms with van der Waals surface area (Å²) in [4.78, 5) is 12.5. The first-order valence-corrected chi connectivity index (χ1v) is 9.15. The standard InChI is InChI=1S/C13H18N2O3S2/c1-19-11-3-5-12(6-4-11)20(17,18)15-10-2-7-13(16)14-9-8-10/h3-6,10,15H,2,7-9H2,1H3,(H,14,16). The highest BCUT2D eigenvalue weighted by molar-refractivity contribution is 7.98. The number of benzene rings is 1. The predicted octanol–water partition coefficient (Wildman–Crippen LogP) is 1.36. The Kier molecular flexibility index (Phi) is 5.06. The minimum atomic E-state index is -3.52. The van der Waals surface area contributed by atoms with Crippen molar-refractivity contribution in [2.75, 3.05) is 12.8 Å². The number of carbonyl (C=O) groups excluding carboxylic acids is 1. The van der Waals surface area contributed by atoms with Crippen LogP contribution in [0.2, 0.25) is 0 Å². The number of amides is 1. The first-order chi connectivity index (χ1) is 9.51. The second-order valence-corrected chi connectivity index (χ2v) is 7.26. The summed E-state index contributed by atoms with van der Waals surface area (Å²) in [6, 6.07) is 6.59. The Morgan fingerprint density at radius 1 is 1.25 bits per heavy atom. The van der Waals surface area contributed by atoms with Gasteiger partial charge in [-0.1, -0.05) is 0 Å². The van der Waals surface area contributed by atoms with E-state index in [4.69, 9.17) is 0 Å². The second-order valence-electron chi connectivity index (χ2n) is 4.67. The molecule has 0 saturated carbocycles. The van der Waals surface area contributed by atoms with Gasteiger partial charge in [0.05, 0.1) is 4.90 Å². The molecule has 5 nitrogen and oxygen atoms in total. The van der Waals surface area contributed by atoms with E-state index in [2.05, 4.69) is 10.0 Å². The lowest BCUT2D eigenvalue weighted by Crippen LogP contribution is -2.35. The topological polar surface area (TPSA) is 75.3 Å². The molecule has 7 heteroatoms. The van der Waals surface area contributed by atoms with Gasteiger partial charge in [-0.25, -0.2) is 13.1 Å². The van der Waals surface area contributed by atoms with Crippen molar-refractivity contribution in [1.82, 2.24) is 10.0 Å². The lowest BCUT2D eigenvalue weighted by Gasteiger charge is -2.15. The van der Waals surface area contributed by atoms with Gasteiger partial charge in [0.25, 0.3) is 0 Å². The number of sulfonamides is 1. The van der Waals surface area contributed by atoms with Crippen LogP contribution in [0.1, 0.15) is 19.3 Å². The average molecular weight is 314 g/mol. The fourth-order valence-corrected chi connectivity index (χ4v) is 3.80. The van der Waals surface area contributed by atoms with E-state index in [0.29, 0.717) is 25.8 Å². The van der Waals surface area contributed by atoms with Crippen molar-refractivity contribution in [3.05, 3.63) is 24.3 Å². The molecule has 0 spiro atoms. The molecule has 2 rings (SSSR count). The fraction of sp³-hybridized carbons (Fsp3) is 0.462. The summed E-state index contributed by atoms with van der Waals surface area (Å²) in [5.41, 5.74) is 0. The van der Waals surface area contributed by atoms with Gasteiger partial charge in [-0.15, -0.1) is 11.8 Å². The first kappa shape index (κ1) is 15.3. The number of rotatable bonds is 4. The van der Waals surface area contributed by atoms with E-state index in [-0.39, 0.29) is 16.8 Å². The zero-order chi connectivity index (χ0) is 14.6. The average Bonchev–Trinajstić information content (AvgIpc) is 2.63. The quantitative estimate of drug-likeness (QED) is 0.823. The molecule has 0 radical (unpaired) electrons. The molecule has 2 N–H and O–H groups in total. The maximum atomic E-state index is 12.3. The van der Waals surface area contributed by atoms with E-state index in [0.717, 1.165) is 4.90 Å². The van der Waals surface area contributed by atoms with Crippen LogP contribution in [-0.2, 0) is 14.8 Å². The van der Waals surface area contributed by atoms with Gasteiger partial charge in [0.1, 0.15) is 0 Å². The summed E-state index contributed by atoms with van der Waals surface area (Å²) in [6.45, 7) is 0.511. The van der Waals surface area contributed by atoms with Gasteiger partial charge < -0.3 is 5.32 Å². The lowest BCUT2D eigenvalue weighted by atomic mass is 10.1. The summed E-state index contributed by atoms with van der Waals surface area (Å²) in [5, 5.41) is 2.74. The highest BCUT2D eigenvalue weighted by Crippen LogP contribution is 2.18. The predicted molar refractivity (Wildman–Crippen MR) is 79.2 cm³/mol. The molecule has 1 unspecified atom stereocenters. The van der Waals surface area contributed by atoms with E-state index < -0.39 is 10.0 Å². The molecule has 110 valence electrons. The van der Waals surface area contributed by atoms with Gasteiger partial charge >= 0.3 is 0 Å². The molecule has 0 bridgehead atoms.